The largest absolute Gasteiger partial charge is 0.416 e. The predicted molar refractivity (Wildman–Crippen MR) is 101 cm³/mol. The minimum atomic E-state index is -4.45. The summed E-state index contributed by atoms with van der Waals surface area (Å²) in [5.41, 5.74) is 2.20. The molecular formula is C21H17F3N2O2. The minimum absolute atomic E-state index is 0.103. The van der Waals surface area contributed by atoms with Gasteiger partial charge in [-0.25, -0.2) is 0 Å². The standard InChI is InChI=1S/C21H17F3N2O2/c22-21(23,24)13-7-5-12(6-8-13)19(27)25-14-9-10-16-15-3-1-2-4-17(15)20(28)26-18(16)11-14/h5-11H,1-4H2,(H,25,27)(H,26,28). The second kappa shape index (κ2) is 6.82. The van der Waals surface area contributed by atoms with Crippen molar-refractivity contribution in [2.75, 3.05) is 5.32 Å². The van der Waals surface area contributed by atoms with Crippen molar-refractivity contribution in [3.63, 3.8) is 0 Å². The first kappa shape index (κ1) is 18.3. The Balaban J connectivity index is 1.61. The lowest BCUT2D eigenvalue weighted by atomic mass is 9.90. The Morgan fingerprint density at radius 3 is 2.32 bits per heavy atom. The molecule has 1 heterocycles. The van der Waals surface area contributed by atoms with Crippen LogP contribution in [0.5, 0.6) is 0 Å². The van der Waals surface area contributed by atoms with Crippen molar-refractivity contribution in [2.45, 2.75) is 31.9 Å². The maximum atomic E-state index is 12.6. The van der Waals surface area contributed by atoms with Gasteiger partial charge >= 0.3 is 6.18 Å². The molecule has 2 N–H and O–H groups in total. The van der Waals surface area contributed by atoms with E-state index >= 15 is 0 Å². The van der Waals surface area contributed by atoms with Crippen molar-refractivity contribution in [3.05, 3.63) is 75.1 Å². The molecule has 4 nitrogen and oxygen atoms in total. The molecule has 0 bridgehead atoms. The van der Waals surface area contributed by atoms with Crippen LogP contribution >= 0.6 is 0 Å². The van der Waals surface area contributed by atoms with Gasteiger partial charge in [0.05, 0.1) is 11.1 Å². The molecule has 7 heteroatoms. The van der Waals surface area contributed by atoms with Gasteiger partial charge in [0.25, 0.3) is 11.5 Å². The molecule has 1 aliphatic rings. The van der Waals surface area contributed by atoms with Gasteiger partial charge in [0.2, 0.25) is 0 Å². The highest BCUT2D eigenvalue weighted by Crippen LogP contribution is 2.30. The number of H-pyrrole nitrogens is 1. The molecule has 0 fully saturated rings. The van der Waals surface area contributed by atoms with Crippen LogP contribution in [0.3, 0.4) is 0 Å². The maximum absolute atomic E-state index is 12.6. The van der Waals surface area contributed by atoms with Crippen LogP contribution < -0.4 is 10.9 Å². The van der Waals surface area contributed by atoms with Crippen molar-refractivity contribution in [1.82, 2.24) is 4.98 Å². The fourth-order valence-corrected chi connectivity index (χ4v) is 3.65. The van der Waals surface area contributed by atoms with Gasteiger partial charge < -0.3 is 10.3 Å². The number of hydrogen-bond acceptors (Lipinski definition) is 2. The van der Waals surface area contributed by atoms with E-state index in [0.29, 0.717) is 11.2 Å². The Labute approximate surface area is 158 Å². The molecule has 0 atom stereocenters. The molecule has 1 aromatic heterocycles. The number of aryl methyl sites for hydroxylation is 1. The van der Waals surface area contributed by atoms with E-state index < -0.39 is 17.6 Å². The zero-order valence-corrected chi connectivity index (χ0v) is 14.8. The van der Waals surface area contributed by atoms with Crippen LogP contribution in [0.2, 0.25) is 0 Å². The summed E-state index contributed by atoms with van der Waals surface area (Å²) in [4.78, 5) is 27.5. The molecule has 0 aliphatic heterocycles. The molecule has 4 rings (SSSR count). The summed E-state index contributed by atoms with van der Waals surface area (Å²) >= 11 is 0. The second-order valence-corrected chi connectivity index (χ2v) is 6.91. The van der Waals surface area contributed by atoms with Gasteiger partial charge in [-0.05, 0) is 67.6 Å². The van der Waals surface area contributed by atoms with Gasteiger partial charge in [-0.15, -0.1) is 0 Å². The van der Waals surface area contributed by atoms with E-state index in [1.165, 1.54) is 0 Å². The topological polar surface area (TPSA) is 62.0 Å². The van der Waals surface area contributed by atoms with E-state index in [-0.39, 0.29) is 11.1 Å². The number of benzene rings is 2. The van der Waals surface area contributed by atoms with Gasteiger partial charge in [0.1, 0.15) is 0 Å². The summed E-state index contributed by atoms with van der Waals surface area (Å²) in [7, 11) is 0. The van der Waals surface area contributed by atoms with Gasteiger partial charge in [-0.2, -0.15) is 13.2 Å². The highest BCUT2D eigenvalue weighted by molar-refractivity contribution is 6.05. The number of amides is 1. The predicted octanol–water partition coefficient (Wildman–Crippen LogP) is 4.68. The Morgan fingerprint density at radius 2 is 1.64 bits per heavy atom. The molecule has 0 radical (unpaired) electrons. The van der Waals surface area contributed by atoms with Crippen LogP contribution in [0.4, 0.5) is 18.9 Å². The summed E-state index contributed by atoms with van der Waals surface area (Å²) in [6.45, 7) is 0. The third-order valence-corrected chi connectivity index (χ3v) is 5.07. The van der Waals surface area contributed by atoms with Gasteiger partial charge in [0, 0.05) is 22.2 Å². The first-order chi connectivity index (χ1) is 13.3. The van der Waals surface area contributed by atoms with Crippen LogP contribution in [-0.4, -0.2) is 10.9 Å². The molecule has 144 valence electrons. The molecule has 2 aromatic carbocycles. The van der Waals surface area contributed by atoms with Crippen molar-refractivity contribution in [2.24, 2.45) is 0 Å². The minimum Gasteiger partial charge on any atom is -0.322 e. The number of alkyl halides is 3. The molecule has 0 saturated heterocycles. The average Bonchev–Trinajstić information content (AvgIpc) is 2.67. The van der Waals surface area contributed by atoms with E-state index in [1.807, 2.05) is 6.07 Å². The number of carbonyl (C=O) groups is 1. The number of carbonyl (C=O) groups excluding carboxylic acids is 1. The fraction of sp³-hybridized carbons (Fsp3) is 0.238. The maximum Gasteiger partial charge on any atom is 0.416 e. The lowest BCUT2D eigenvalue weighted by molar-refractivity contribution is -0.137. The number of fused-ring (bicyclic) bond motifs is 3. The molecular weight excluding hydrogens is 369 g/mol. The van der Waals surface area contributed by atoms with Gasteiger partial charge in [-0.1, -0.05) is 6.07 Å². The zero-order chi connectivity index (χ0) is 19.9. The first-order valence-corrected chi connectivity index (χ1v) is 8.99. The molecule has 28 heavy (non-hydrogen) atoms. The third-order valence-electron chi connectivity index (χ3n) is 5.07. The molecule has 3 aromatic rings. The van der Waals surface area contributed by atoms with Crippen LogP contribution in [0.25, 0.3) is 10.9 Å². The molecule has 0 spiro atoms. The third kappa shape index (κ3) is 3.40. The van der Waals surface area contributed by atoms with E-state index in [2.05, 4.69) is 10.3 Å². The fourth-order valence-electron chi connectivity index (χ4n) is 3.65. The van der Waals surface area contributed by atoms with Crippen molar-refractivity contribution in [3.8, 4) is 0 Å². The smallest absolute Gasteiger partial charge is 0.322 e. The number of halogens is 3. The number of nitrogens with one attached hydrogen (secondary N) is 2. The Bertz CT molecular complexity index is 1120. The van der Waals surface area contributed by atoms with Crippen molar-refractivity contribution in [1.29, 1.82) is 0 Å². The number of aromatic amines is 1. The summed E-state index contributed by atoms with van der Waals surface area (Å²) in [5, 5.41) is 3.63. The van der Waals surface area contributed by atoms with Crippen LogP contribution in [0.1, 0.15) is 39.9 Å². The monoisotopic (exact) mass is 386 g/mol. The van der Waals surface area contributed by atoms with Crippen LogP contribution in [0, 0.1) is 0 Å². The van der Waals surface area contributed by atoms with Crippen molar-refractivity contribution < 1.29 is 18.0 Å². The number of aromatic nitrogens is 1. The Hall–Kier alpha value is -3.09. The molecule has 1 aliphatic carbocycles. The molecule has 0 unspecified atom stereocenters. The number of pyridine rings is 1. The van der Waals surface area contributed by atoms with E-state index in [1.54, 1.807) is 12.1 Å². The molecule has 1 amide bonds. The number of hydrogen-bond donors (Lipinski definition) is 2. The van der Waals surface area contributed by atoms with E-state index in [0.717, 1.165) is 66.5 Å². The van der Waals surface area contributed by atoms with E-state index in [9.17, 15) is 22.8 Å². The first-order valence-electron chi connectivity index (χ1n) is 8.99. The van der Waals surface area contributed by atoms with Gasteiger partial charge in [0.15, 0.2) is 0 Å². The van der Waals surface area contributed by atoms with Crippen LogP contribution in [-0.2, 0) is 19.0 Å². The van der Waals surface area contributed by atoms with Crippen molar-refractivity contribution >= 4 is 22.5 Å². The second-order valence-electron chi connectivity index (χ2n) is 6.91. The number of rotatable bonds is 2. The van der Waals surface area contributed by atoms with E-state index in [4.69, 9.17) is 0 Å². The van der Waals surface area contributed by atoms with Gasteiger partial charge in [-0.3, -0.25) is 9.59 Å². The molecule has 0 saturated carbocycles. The Morgan fingerprint density at radius 1 is 0.964 bits per heavy atom. The summed E-state index contributed by atoms with van der Waals surface area (Å²) in [6, 6.07) is 9.29. The SMILES string of the molecule is O=C(Nc1ccc2c3c(c(=O)[nH]c2c1)CCCC3)c1ccc(C(F)(F)F)cc1. The zero-order valence-electron chi connectivity index (χ0n) is 14.8. The Kier molecular flexibility index (Phi) is 4.45. The highest BCUT2D eigenvalue weighted by Gasteiger charge is 2.30. The normalized spacial score (nSPS) is 14.0. The number of anilines is 1. The highest BCUT2D eigenvalue weighted by atomic mass is 19.4. The summed E-state index contributed by atoms with van der Waals surface area (Å²) < 4.78 is 37.9. The quantitative estimate of drug-likeness (QED) is 0.672. The average molecular weight is 386 g/mol. The summed E-state index contributed by atoms with van der Waals surface area (Å²) in [5.74, 6) is -0.520. The summed E-state index contributed by atoms with van der Waals surface area (Å²) in [6.07, 6.45) is -0.779. The lowest BCUT2D eigenvalue weighted by Crippen LogP contribution is -2.19. The lowest BCUT2D eigenvalue weighted by Gasteiger charge is -2.17. The van der Waals surface area contributed by atoms with Crippen LogP contribution in [0.15, 0.2) is 47.3 Å².